The van der Waals surface area contributed by atoms with Crippen LogP contribution in [0.5, 0.6) is 0 Å². The summed E-state index contributed by atoms with van der Waals surface area (Å²) >= 11 is 0. The molecule has 1 rings (SSSR count). The standard InChI is InChI=1S/C20H33NO2/c1-7-9-16(2)23-15-14-20(5,6)21-18(22)17-10-8-12-19(3,4)13-11-17/h8,10-13,16H,7,9,14-15H2,1-6H3,(H,21,22). The SMILES string of the molecule is CCCC(C)OCCC(C)(C)NC(=O)C1=CC=CC(C)(C)C=C1. The molecule has 0 aliphatic heterocycles. The number of carbonyl (C=O) groups is 1. The second-order valence-corrected chi connectivity index (χ2v) is 7.69. The molecule has 0 radical (unpaired) electrons. The fourth-order valence-corrected chi connectivity index (χ4v) is 2.41. The smallest absolute Gasteiger partial charge is 0.251 e. The summed E-state index contributed by atoms with van der Waals surface area (Å²) in [5, 5.41) is 3.11. The van der Waals surface area contributed by atoms with Crippen LogP contribution in [0.4, 0.5) is 0 Å². The molecule has 1 aliphatic carbocycles. The zero-order valence-corrected chi connectivity index (χ0v) is 15.6. The van der Waals surface area contributed by atoms with E-state index in [9.17, 15) is 4.79 Å². The van der Waals surface area contributed by atoms with Gasteiger partial charge in [0.1, 0.15) is 0 Å². The average molecular weight is 319 g/mol. The highest BCUT2D eigenvalue weighted by Gasteiger charge is 2.22. The van der Waals surface area contributed by atoms with Crippen LogP contribution < -0.4 is 5.32 Å². The first-order valence-electron chi connectivity index (χ1n) is 8.68. The van der Waals surface area contributed by atoms with Gasteiger partial charge in [0.15, 0.2) is 0 Å². The van der Waals surface area contributed by atoms with E-state index < -0.39 is 0 Å². The molecule has 1 amide bonds. The summed E-state index contributed by atoms with van der Waals surface area (Å²) in [6.07, 6.45) is 13.2. The first-order valence-corrected chi connectivity index (χ1v) is 8.68. The second-order valence-electron chi connectivity index (χ2n) is 7.69. The van der Waals surface area contributed by atoms with Gasteiger partial charge in [-0.1, -0.05) is 51.5 Å². The van der Waals surface area contributed by atoms with Crippen LogP contribution in [0.3, 0.4) is 0 Å². The van der Waals surface area contributed by atoms with E-state index in [1.54, 1.807) is 0 Å². The minimum atomic E-state index is -0.288. The summed E-state index contributed by atoms with van der Waals surface area (Å²) in [6, 6.07) is 0. The van der Waals surface area contributed by atoms with Crippen molar-refractivity contribution in [1.29, 1.82) is 0 Å². The summed E-state index contributed by atoms with van der Waals surface area (Å²) < 4.78 is 5.80. The molecule has 1 aliphatic rings. The molecule has 23 heavy (non-hydrogen) atoms. The van der Waals surface area contributed by atoms with Crippen LogP contribution in [0.2, 0.25) is 0 Å². The highest BCUT2D eigenvalue weighted by Crippen LogP contribution is 2.23. The molecule has 0 aromatic carbocycles. The zero-order chi connectivity index (χ0) is 17.5. The van der Waals surface area contributed by atoms with Crippen molar-refractivity contribution < 1.29 is 9.53 Å². The van der Waals surface area contributed by atoms with E-state index in [0.29, 0.717) is 12.2 Å². The van der Waals surface area contributed by atoms with Gasteiger partial charge in [-0.25, -0.2) is 0 Å². The van der Waals surface area contributed by atoms with Gasteiger partial charge < -0.3 is 10.1 Å². The fraction of sp³-hybridized carbons (Fsp3) is 0.650. The van der Waals surface area contributed by atoms with Crippen molar-refractivity contribution in [1.82, 2.24) is 5.32 Å². The van der Waals surface area contributed by atoms with Gasteiger partial charge in [0.05, 0.1) is 6.10 Å². The molecule has 0 spiro atoms. The number of amides is 1. The molecular weight excluding hydrogens is 286 g/mol. The Kier molecular flexibility index (Phi) is 7.27. The van der Waals surface area contributed by atoms with Crippen molar-refractivity contribution in [2.24, 2.45) is 5.41 Å². The van der Waals surface area contributed by atoms with Gasteiger partial charge >= 0.3 is 0 Å². The molecule has 130 valence electrons. The minimum absolute atomic E-state index is 0.0166. The summed E-state index contributed by atoms with van der Waals surface area (Å²) in [7, 11) is 0. The number of hydrogen-bond donors (Lipinski definition) is 1. The number of ether oxygens (including phenoxy) is 1. The highest BCUT2D eigenvalue weighted by molar-refractivity contribution is 5.97. The highest BCUT2D eigenvalue weighted by atomic mass is 16.5. The maximum atomic E-state index is 12.5. The summed E-state index contributed by atoms with van der Waals surface area (Å²) in [5.74, 6) is -0.0322. The lowest BCUT2D eigenvalue weighted by Crippen LogP contribution is -2.44. The summed E-state index contributed by atoms with van der Waals surface area (Å²) in [4.78, 5) is 12.5. The van der Waals surface area contributed by atoms with Gasteiger partial charge in [-0.15, -0.1) is 0 Å². The third-order valence-corrected chi connectivity index (χ3v) is 4.03. The van der Waals surface area contributed by atoms with Gasteiger partial charge in [-0.05, 0) is 39.7 Å². The van der Waals surface area contributed by atoms with Crippen molar-refractivity contribution in [2.75, 3.05) is 6.61 Å². The topological polar surface area (TPSA) is 38.3 Å². The molecule has 3 heteroatoms. The molecule has 0 saturated carbocycles. The quantitative estimate of drug-likeness (QED) is 0.712. The summed E-state index contributed by atoms with van der Waals surface area (Å²) in [5.41, 5.74) is 0.390. The Morgan fingerprint density at radius 3 is 2.70 bits per heavy atom. The Hall–Kier alpha value is -1.35. The molecular formula is C20H33NO2. The molecule has 1 atom stereocenters. The lowest BCUT2D eigenvalue weighted by Gasteiger charge is -2.27. The minimum Gasteiger partial charge on any atom is -0.378 e. The van der Waals surface area contributed by atoms with Crippen molar-refractivity contribution in [3.8, 4) is 0 Å². The Morgan fingerprint density at radius 2 is 2.04 bits per heavy atom. The molecule has 0 aromatic heterocycles. The van der Waals surface area contributed by atoms with E-state index in [4.69, 9.17) is 4.74 Å². The third kappa shape index (κ3) is 7.65. The van der Waals surface area contributed by atoms with Crippen molar-refractivity contribution in [3.63, 3.8) is 0 Å². The number of hydrogen-bond acceptors (Lipinski definition) is 2. The van der Waals surface area contributed by atoms with Gasteiger partial charge in [0.25, 0.3) is 5.91 Å². The fourth-order valence-electron chi connectivity index (χ4n) is 2.41. The second kappa shape index (κ2) is 8.49. The lowest BCUT2D eigenvalue weighted by molar-refractivity contribution is -0.118. The molecule has 0 saturated heterocycles. The normalized spacial score (nSPS) is 18.3. The van der Waals surface area contributed by atoms with E-state index in [-0.39, 0.29) is 23.0 Å². The van der Waals surface area contributed by atoms with Crippen LogP contribution in [-0.4, -0.2) is 24.2 Å². The van der Waals surface area contributed by atoms with Crippen LogP contribution in [-0.2, 0) is 9.53 Å². The Balaban J connectivity index is 2.52. The monoisotopic (exact) mass is 319 g/mol. The van der Waals surface area contributed by atoms with Crippen molar-refractivity contribution in [2.45, 2.75) is 72.4 Å². The van der Waals surface area contributed by atoms with E-state index in [1.165, 1.54) is 0 Å². The first kappa shape index (κ1) is 19.7. The Bertz CT molecular complexity index is 484. The molecule has 0 heterocycles. The third-order valence-electron chi connectivity index (χ3n) is 4.03. The number of allylic oxidation sites excluding steroid dienone is 4. The van der Waals surface area contributed by atoms with Gasteiger partial charge in [0.2, 0.25) is 0 Å². The maximum absolute atomic E-state index is 12.5. The number of nitrogens with one attached hydrogen (secondary N) is 1. The summed E-state index contributed by atoms with van der Waals surface area (Å²) in [6.45, 7) is 13.2. The van der Waals surface area contributed by atoms with Crippen LogP contribution in [0.15, 0.2) is 36.0 Å². The van der Waals surface area contributed by atoms with E-state index in [0.717, 1.165) is 19.3 Å². The van der Waals surface area contributed by atoms with Gasteiger partial charge in [-0.3, -0.25) is 4.79 Å². The number of carbonyl (C=O) groups excluding carboxylic acids is 1. The Labute approximate surface area is 141 Å². The van der Waals surface area contributed by atoms with Gasteiger partial charge in [0, 0.05) is 23.1 Å². The molecule has 0 fully saturated rings. The van der Waals surface area contributed by atoms with Crippen molar-refractivity contribution in [3.05, 3.63) is 36.0 Å². The van der Waals surface area contributed by atoms with E-state index in [2.05, 4.69) is 45.2 Å². The van der Waals surface area contributed by atoms with Crippen LogP contribution in [0.25, 0.3) is 0 Å². The van der Waals surface area contributed by atoms with Crippen molar-refractivity contribution >= 4 is 5.91 Å². The average Bonchev–Trinajstić information content (AvgIpc) is 2.59. The first-order chi connectivity index (χ1) is 10.7. The largest absolute Gasteiger partial charge is 0.378 e. The maximum Gasteiger partial charge on any atom is 0.251 e. The molecule has 3 nitrogen and oxygen atoms in total. The van der Waals surface area contributed by atoms with Crippen LogP contribution in [0, 0.1) is 5.41 Å². The molecule has 1 N–H and O–H groups in total. The van der Waals surface area contributed by atoms with Gasteiger partial charge in [-0.2, -0.15) is 0 Å². The predicted octanol–water partition coefficient (Wildman–Crippen LogP) is 4.56. The van der Waals surface area contributed by atoms with Crippen LogP contribution in [0.1, 0.15) is 60.8 Å². The molecule has 1 unspecified atom stereocenters. The molecule has 0 bridgehead atoms. The Morgan fingerprint density at radius 1 is 1.35 bits per heavy atom. The van der Waals surface area contributed by atoms with E-state index in [1.807, 2.05) is 32.1 Å². The predicted molar refractivity (Wildman–Crippen MR) is 97.3 cm³/mol. The number of rotatable bonds is 8. The zero-order valence-electron chi connectivity index (χ0n) is 15.6. The lowest BCUT2D eigenvalue weighted by atomic mass is 9.93. The van der Waals surface area contributed by atoms with E-state index >= 15 is 0 Å². The van der Waals surface area contributed by atoms with Crippen LogP contribution >= 0.6 is 0 Å². The molecule has 0 aromatic rings.